The van der Waals surface area contributed by atoms with E-state index >= 15 is 0 Å². The van der Waals surface area contributed by atoms with Crippen molar-refractivity contribution >= 4 is 10.0 Å². The van der Waals surface area contributed by atoms with Crippen molar-refractivity contribution in [2.75, 3.05) is 39.5 Å². The molecule has 0 aromatic carbocycles. The summed E-state index contributed by atoms with van der Waals surface area (Å²) < 4.78 is 29.6. The highest BCUT2D eigenvalue weighted by Gasteiger charge is 2.23. The molecule has 0 unspecified atom stereocenters. The summed E-state index contributed by atoms with van der Waals surface area (Å²) in [5, 5.41) is 6.97. The number of nitrogens with zero attached hydrogens (tertiary/aromatic N) is 3. The minimum Gasteiger partial charge on any atom is -0.360 e. The number of hydrogen-bond acceptors (Lipinski definition) is 6. The van der Waals surface area contributed by atoms with Gasteiger partial charge < -0.3 is 9.84 Å². The zero-order valence-corrected chi connectivity index (χ0v) is 12.1. The maximum absolute atomic E-state index is 11.4. The smallest absolute Gasteiger partial charge is 0.211 e. The molecule has 0 radical (unpaired) electrons. The Morgan fingerprint density at radius 1 is 1.37 bits per heavy atom. The van der Waals surface area contributed by atoms with Crippen molar-refractivity contribution < 1.29 is 12.9 Å². The molecular formula is C11H20N4O3S. The first-order valence-corrected chi connectivity index (χ1v) is 8.10. The Morgan fingerprint density at radius 3 is 2.63 bits per heavy atom. The Hall–Kier alpha value is -0.960. The first-order chi connectivity index (χ1) is 8.99. The van der Waals surface area contributed by atoms with E-state index < -0.39 is 10.0 Å². The maximum Gasteiger partial charge on any atom is 0.211 e. The number of hydrogen-bond donors (Lipinski definition) is 1. The van der Waals surface area contributed by atoms with Crippen LogP contribution in [0, 0.1) is 0 Å². The van der Waals surface area contributed by atoms with E-state index in [0.717, 1.165) is 24.5 Å². The number of nitrogens with one attached hydrogen (secondary N) is 1. The molecule has 1 aromatic rings. The van der Waals surface area contributed by atoms with E-state index in [1.807, 2.05) is 13.1 Å². The Bertz CT molecular complexity index is 506. The minimum absolute atomic E-state index is 0.538. The first kappa shape index (κ1) is 14.4. The molecule has 108 valence electrons. The van der Waals surface area contributed by atoms with Crippen LogP contribution in [0.3, 0.4) is 0 Å². The van der Waals surface area contributed by atoms with Gasteiger partial charge in [-0.2, -0.15) is 4.31 Å². The van der Waals surface area contributed by atoms with Gasteiger partial charge in [0.1, 0.15) is 0 Å². The van der Waals surface area contributed by atoms with Crippen LogP contribution in [0.15, 0.2) is 10.6 Å². The van der Waals surface area contributed by atoms with Crippen LogP contribution < -0.4 is 5.32 Å². The van der Waals surface area contributed by atoms with Crippen molar-refractivity contribution in [3.05, 3.63) is 17.5 Å². The van der Waals surface area contributed by atoms with Gasteiger partial charge in [0.2, 0.25) is 10.0 Å². The SMILES string of the molecule is CNCc1cc(CN2CCN(S(C)(=O)=O)CC2)on1. The van der Waals surface area contributed by atoms with Crippen LogP contribution in [0.5, 0.6) is 0 Å². The van der Waals surface area contributed by atoms with Gasteiger partial charge in [-0.3, -0.25) is 4.90 Å². The van der Waals surface area contributed by atoms with Gasteiger partial charge in [0.25, 0.3) is 0 Å². The molecule has 0 aliphatic carbocycles. The summed E-state index contributed by atoms with van der Waals surface area (Å²) in [5.74, 6) is 0.818. The summed E-state index contributed by atoms with van der Waals surface area (Å²) in [7, 11) is -1.20. The largest absolute Gasteiger partial charge is 0.360 e. The fraction of sp³-hybridized carbons (Fsp3) is 0.727. The average Bonchev–Trinajstić information content (AvgIpc) is 2.77. The van der Waals surface area contributed by atoms with Crippen molar-refractivity contribution in [1.82, 2.24) is 19.7 Å². The molecule has 0 spiro atoms. The van der Waals surface area contributed by atoms with E-state index in [0.29, 0.717) is 26.2 Å². The molecule has 0 atom stereocenters. The molecule has 0 bridgehead atoms. The van der Waals surface area contributed by atoms with Gasteiger partial charge in [0.05, 0.1) is 18.5 Å². The second-order valence-electron chi connectivity index (χ2n) is 4.75. The summed E-state index contributed by atoms with van der Waals surface area (Å²) in [6.45, 7) is 3.87. The van der Waals surface area contributed by atoms with Crippen LogP contribution >= 0.6 is 0 Å². The third kappa shape index (κ3) is 4.00. The van der Waals surface area contributed by atoms with Gasteiger partial charge in [0, 0.05) is 38.8 Å². The van der Waals surface area contributed by atoms with Gasteiger partial charge in [-0.05, 0) is 7.05 Å². The molecule has 7 nitrogen and oxygen atoms in total. The predicted octanol–water partition coefficient (Wildman–Crippen LogP) is -0.529. The molecule has 1 N–H and O–H groups in total. The molecule has 19 heavy (non-hydrogen) atoms. The van der Waals surface area contributed by atoms with Crippen LogP contribution in [0.2, 0.25) is 0 Å². The highest BCUT2D eigenvalue weighted by atomic mass is 32.2. The van der Waals surface area contributed by atoms with E-state index in [1.165, 1.54) is 10.6 Å². The summed E-state index contributed by atoms with van der Waals surface area (Å²) in [6.07, 6.45) is 1.25. The number of aromatic nitrogens is 1. The Morgan fingerprint density at radius 2 is 2.05 bits per heavy atom. The lowest BCUT2D eigenvalue weighted by atomic mass is 10.3. The lowest BCUT2D eigenvalue weighted by Crippen LogP contribution is -2.47. The van der Waals surface area contributed by atoms with Crippen molar-refractivity contribution in [2.45, 2.75) is 13.1 Å². The maximum atomic E-state index is 11.4. The van der Waals surface area contributed by atoms with Crippen molar-refractivity contribution in [2.24, 2.45) is 0 Å². The summed E-state index contributed by atoms with van der Waals surface area (Å²) in [6, 6.07) is 1.93. The van der Waals surface area contributed by atoms with E-state index in [-0.39, 0.29) is 0 Å². The molecule has 1 saturated heterocycles. The number of piperazine rings is 1. The molecule has 1 aromatic heterocycles. The second kappa shape index (κ2) is 6.00. The van der Waals surface area contributed by atoms with Gasteiger partial charge in [-0.15, -0.1) is 0 Å². The third-order valence-electron chi connectivity index (χ3n) is 3.15. The normalized spacial score (nSPS) is 18.8. The van der Waals surface area contributed by atoms with E-state index in [2.05, 4.69) is 15.4 Å². The molecule has 1 aliphatic rings. The topological polar surface area (TPSA) is 78.7 Å². The zero-order valence-electron chi connectivity index (χ0n) is 11.3. The Kier molecular flexibility index (Phi) is 4.56. The lowest BCUT2D eigenvalue weighted by Gasteiger charge is -2.32. The van der Waals surface area contributed by atoms with Crippen LogP contribution in [0.25, 0.3) is 0 Å². The van der Waals surface area contributed by atoms with E-state index in [9.17, 15) is 8.42 Å². The standard InChI is InChI=1S/C11H20N4O3S/c1-12-8-10-7-11(18-13-10)9-14-3-5-15(6-4-14)19(2,16)17/h7,12H,3-6,8-9H2,1-2H3. The van der Waals surface area contributed by atoms with Crippen molar-refractivity contribution in [3.63, 3.8) is 0 Å². The molecule has 0 amide bonds. The molecule has 1 aliphatic heterocycles. The highest BCUT2D eigenvalue weighted by molar-refractivity contribution is 7.88. The minimum atomic E-state index is -3.06. The van der Waals surface area contributed by atoms with Crippen molar-refractivity contribution in [3.8, 4) is 0 Å². The molecule has 1 fully saturated rings. The molecule has 8 heteroatoms. The van der Waals surface area contributed by atoms with E-state index in [1.54, 1.807) is 0 Å². The zero-order chi connectivity index (χ0) is 13.9. The monoisotopic (exact) mass is 288 g/mol. The van der Waals surface area contributed by atoms with Gasteiger partial charge >= 0.3 is 0 Å². The molecule has 2 heterocycles. The van der Waals surface area contributed by atoms with Gasteiger partial charge in [0.15, 0.2) is 5.76 Å². The Labute approximate surface area is 113 Å². The van der Waals surface area contributed by atoms with Gasteiger partial charge in [-0.25, -0.2) is 8.42 Å². The fourth-order valence-electron chi connectivity index (χ4n) is 2.13. The quantitative estimate of drug-likeness (QED) is 0.785. The van der Waals surface area contributed by atoms with E-state index in [4.69, 9.17) is 4.52 Å². The third-order valence-corrected chi connectivity index (χ3v) is 4.45. The summed E-state index contributed by atoms with van der Waals surface area (Å²) >= 11 is 0. The molecular weight excluding hydrogens is 268 g/mol. The van der Waals surface area contributed by atoms with Crippen LogP contribution in [-0.4, -0.2) is 62.3 Å². The van der Waals surface area contributed by atoms with Crippen molar-refractivity contribution in [1.29, 1.82) is 0 Å². The predicted molar refractivity (Wildman–Crippen MR) is 71.0 cm³/mol. The van der Waals surface area contributed by atoms with Crippen LogP contribution in [0.4, 0.5) is 0 Å². The number of rotatable bonds is 5. The number of sulfonamides is 1. The molecule has 0 saturated carbocycles. The van der Waals surface area contributed by atoms with Crippen LogP contribution in [-0.2, 0) is 23.1 Å². The summed E-state index contributed by atoms with van der Waals surface area (Å²) in [4.78, 5) is 2.17. The average molecular weight is 288 g/mol. The molecule has 2 rings (SSSR count). The Balaban J connectivity index is 1.85. The van der Waals surface area contributed by atoms with Crippen LogP contribution in [0.1, 0.15) is 11.5 Å². The fourth-order valence-corrected chi connectivity index (χ4v) is 2.96. The second-order valence-corrected chi connectivity index (χ2v) is 6.74. The van der Waals surface area contributed by atoms with Gasteiger partial charge in [-0.1, -0.05) is 5.16 Å². The highest BCUT2D eigenvalue weighted by Crippen LogP contribution is 2.11. The summed E-state index contributed by atoms with van der Waals surface area (Å²) in [5.41, 5.74) is 0.882. The first-order valence-electron chi connectivity index (χ1n) is 6.25. The lowest BCUT2D eigenvalue weighted by molar-refractivity contribution is 0.166.